The molecule has 0 radical (unpaired) electrons. The molecule has 120 valence electrons. The van der Waals surface area contributed by atoms with Crippen LogP contribution in [0.5, 0.6) is 5.75 Å². The summed E-state index contributed by atoms with van der Waals surface area (Å²) < 4.78 is 10.6. The van der Waals surface area contributed by atoms with Crippen LogP contribution in [0.3, 0.4) is 0 Å². The van der Waals surface area contributed by atoms with E-state index in [0.29, 0.717) is 10.7 Å². The van der Waals surface area contributed by atoms with Gasteiger partial charge in [0.2, 0.25) is 4.77 Å². The lowest BCUT2D eigenvalue weighted by Gasteiger charge is -2.21. The Bertz CT molecular complexity index is 687. The molecule has 2 rings (SSSR count). The lowest BCUT2D eigenvalue weighted by molar-refractivity contribution is 0.0988. The predicted molar refractivity (Wildman–Crippen MR) is 91.7 cm³/mol. The van der Waals surface area contributed by atoms with Crippen molar-refractivity contribution in [1.29, 1.82) is 0 Å². The molecule has 0 aliphatic heterocycles. The van der Waals surface area contributed by atoms with Crippen molar-refractivity contribution in [3.05, 3.63) is 40.4 Å². The first-order chi connectivity index (χ1) is 10.4. The van der Waals surface area contributed by atoms with Crippen molar-refractivity contribution in [1.82, 2.24) is 14.3 Å². The maximum atomic E-state index is 6.28. The molecule has 0 saturated heterocycles. The number of aryl methyl sites for hydroxylation is 2. The second-order valence-corrected chi connectivity index (χ2v) is 6.58. The molecule has 5 heteroatoms. The fourth-order valence-electron chi connectivity index (χ4n) is 2.30. The quantitative estimate of drug-likeness (QED) is 0.730. The number of hydrogen-bond acceptors (Lipinski definition) is 3. The van der Waals surface area contributed by atoms with Crippen LogP contribution in [0, 0.1) is 24.5 Å². The van der Waals surface area contributed by atoms with Crippen LogP contribution in [0.15, 0.2) is 24.5 Å². The van der Waals surface area contributed by atoms with Gasteiger partial charge in [0.15, 0.2) is 6.23 Å². The van der Waals surface area contributed by atoms with Crippen LogP contribution in [0.4, 0.5) is 0 Å². The van der Waals surface area contributed by atoms with Gasteiger partial charge in [-0.15, -0.1) is 0 Å². The Labute approximate surface area is 137 Å². The number of aromatic nitrogens is 3. The topological polar surface area (TPSA) is 32.0 Å². The summed E-state index contributed by atoms with van der Waals surface area (Å²) in [7, 11) is 1.91. The summed E-state index contributed by atoms with van der Waals surface area (Å²) in [4.78, 5) is 0. The van der Waals surface area contributed by atoms with E-state index in [1.54, 1.807) is 11.0 Å². The van der Waals surface area contributed by atoms with Crippen LogP contribution in [-0.4, -0.2) is 14.3 Å². The Hall–Kier alpha value is -1.62. The lowest BCUT2D eigenvalue weighted by atomic mass is 10.1. The summed E-state index contributed by atoms with van der Waals surface area (Å²) in [5.41, 5.74) is 2.39. The molecule has 0 spiro atoms. The average molecular weight is 319 g/mol. The largest absolute Gasteiger partial charge is 0.468 e. The maximum absolute atomic E-state index is 6.28. The van der Waals surface area contributed by atoms with Gasteiger partial charge in [0.1, 0.15) is 12.1 Å². The molecule has 0 saturated carbocycles. The van der Waals surface area contributed by atoms with Gasteiger partial charge in [-0.25, -0.2) is 0 Å². The van der Waals surface area contributed by atoms with Crippen LogP contribution in [-0.2, 0) is 7.05 Å². The van der Waals surface area contributed by atoms with E-state index in [1.807, 2.05) is 23.7 Å². The number of benzene rings is 1. The third kappa shape index (κ3) is 3.77. The fourth-order valence-corrected chi connectivity index (χ4v) is 2.51. The van der Waals surface area contributed by atoms with Crippen LogP contribution >= 0.6 is 12.2 Å². The molecule has 1 unspecified atom stereocenters. The van der Waals surface area contributed by atoms with Gasteiger partial charge in [-0.05, 0) is 55.6 Å². The van der Waals surface area contributed by atoms with Crippen LogP contribution in [0.2, 0.25) is 0 Å². The minimum Gasteiger partial charge on any atom is -0.468 e. The van der Waals surface area contributed by atoms with Gasteiger partial charge in [0.05, 0.1) is 0 Å². The molecule has 2 aromatic rings. The van der Waals surface area contributed by atoms with Gasteiger partial charge < -0.3 is 9.30 Å². The third-order valence-electron chi connectivity index (χ3n) is 3.93. The molecule has 1 atom stereocenters. The van der Waals surface area contributed by atoms with E-state index in [1.165, 1.54) is 11.1 Å². The molecular weight excluding hydrogens is 294 g/mol. The molecule has 1 aromatic carbocycles. The van der Waals surface area contributed by atoms with E-state index < -0.39 is 0 Å². The highest BCUT2D eigenvalue weighted by Gasteiger charge is 2.17. The molecule has 22 heavy (non-hydrogen) atoms. The zero-order valence-corrected chi connectivity index (χ0v) is 14.9. The van der Waals surface area contributed by atoms with Gasteiger partial charge in [0.25, 0.3) is 0 Å². The fraction of sp³-hybridized carbons (Fsp3) is 0.529. The van der Waals surface area contributed by atoms with E-state index in [9.17, 15) is 0 Å². The van der Waals surface area contributed by atoms with E-state index in [2.05, 4.69) is 38.9 Å². The Morgan fingerprint density at radius 3 is 2.55 bits per heavy atom. The van der Waals surface area contributed by atoms with Crippen molar-refractivity contribution in [2.75, 3.05) is 0 Å². The van der Waals surface area contributed by atoms with E-state index in [4.69, 9.17) is 17.0 Å². The van der Waals surface area contributed by atoms with Gasteiger partial charge in [-0.3, -0.25) is 0 Å². The van der Waals surface area contributed by atoms with Gasteiger partial charge in [0, 0.05) is 13.5 Å². The molecule has 4 nitrogen and oxygen atoms in total. The number of hydrogen-bond donors (Lipinski definition) is 0. The Balaban J connectivity index is 2.30. The Morgan fingerprint density at radius 2 is 1.95 bits per heavy atom. The highest BCUT2D eigenvalue weighted by Crippen LogP contribution is 2.27. The van der Waals surface area contributed by atoms with Crippen molar-refractivity contribution < 1.29 is 4.74 Å². The maximum Gasteiger partial charge on any atom is 0.200 e. The van der Waals surface area contributed by atoms with Crippen molar-refractivity contribution in [3.8, 4) is 5.75 Å². The smallest absolute Gasteiger partial charge is 0.200 e. The lowest BCUT2D eigenvalue weighted by Crippen LogP contribution is -2.19. The van der Waals surface area contributed by atoms with Crippen molar-refractivity contribution >= 4 is 12.2 Å². The molecule has 0 aliphatic rings. The van der Waals surface area contributed by atoms with E-state index in [0.717, 1.165) is 18.6 Å². The molecule has 1 heterocycles. The summed E-state index contributed by atoms with van der Waals surface area (Å²) in [6.07, 6.45) is 3.51. The molecule has 0 aliphatic carbocycles. The first-order valence-corrected chi connectivity index (χ1v) is 8.14. The zero-order chi connectivity index (χ0) is 16.3. The van der Waals surface area contributed by atoms with Crippen LogP contribution in [0.25, 0.3) is 0 Å². The Morgan fingerprint density at radius 1 is 1.23 bits per heavy atom. The van der Waals surface area contributed by atoms with E-state index >= 15 is 0 Å². The number of rotatable bonds is 6. The number of ether oxygens (including phenoxy) is 1. The molecule has 0 amide bonds. The second kappa shape index (κ2) is 7.09. The van der Waals surface area contributed by atoms with Gasteiger partial charge in [-0.1, -0.05) is 26.0 Å². The highest BCUT2D eigenvalue weighted by molar-refractivity contribution is 7.71. The number of nitrogens with zero attached hydrogens (tertiary/aromatic N) is 3. The van der Waals surface area contributed by atoms with Crippen molar-refractivity contribution in [2.24, 2.45) is 13.0 Å². The molecule has 0 N–H and O–H groups in total. The molecule has 0 bridgehead atoms. The first kappa shape index (κ1) is 16.7. The van der Waals surface area contributed by atoms with Crippen molar-refractivity contribution in [3.63, 3.8) is 0 Å². The molecule has 0 fully saturated rings. The SMILES string of the molecule is Cc1cccc(OC(CCC(C)C)n2ncn(C)c2=S)c1C. The summed E-state index contributed by atoms with van der Waals surface area (Å²) >= 11 is 5.44. The molecule has 1 aromatic heterocycles. The Kier molecular flexibility index (Phi) is 5.40. The zero-order valence-electron chi connectivity index (χ0n) is 14.0. The van der Waals surface area contributed by atoms with Gasteiger partial charge >= 0.3 is 0 Å². The standard InChI is InChI=1S/C17H25N3OS/c1-12(2)9-10-16(20-17(22)19(5)11-18-20)21-15-8-6-7-13(3)14(15)4/h6-8,11-12,16H,9-10H2,1-5H3. The predicted octanol–water partition coefficient (Wildman–Crippen LogP) is 4.58. The monoisotopic (exact) mass is 319 g/mol. The third-order valence-corrected chi connectivity index (χ3v) is 4.40. The summed E-state index contributed by atoms with van der Waals surface area (Å²) in [6.45, 7) is 8.61. The minimum atomic E-state index is -0.170. The summed E-state index contributed by atoms with van der Waals surface area (Å²) in [5, 5.41) is 4.39. The summed E-state index contributed by atoms with van der Waals surface area (Å²) in [5.74, 6) is 1.52. The normalized spacial score (nSPS) is 12.6. The van der Waals surface area contributed by atoms with E-state index in [-0.39, 0.29) is 6.23 Å². The first-order valence-electron chi connectivity index (χ1n) is 7.73. The van der Waals surface area contributed by atoms with Crippen molar-refractivity contribution in [2.45, 2.75) is 46.8 Å². The minimum absolute atomic E-state index is 0.170. The van der Waals surface area contributed by atoms with Crippen LogP contribution in [0.1, 0.15) is 44.0 Å². The average Bonchev–Trinajstić information content (AvgIpc) is 2.79. The van der Waals surface area contributed by atoms with Gasteiger partial charge in [-0.2, -0.15) is 9.78 Å². The highest BCUT2D eigenvalue weighted by atomic mass is 32.1. The summed E-state index contributed by atoms with van der Waals surface area (Å²) in [6, 6.07) is 6.13. The molecular formula is C17H25N3OS. The van der Waals surface area contributed by atoms with Crippen LogP contribution < -0.4 is 4.74 Å². The second-order valence-electron chi connectivity index (χ2n) is 6.21.